The summed E-state index contributed by atoms with van der Waals surface area (Å²) in [5.74, 6) is -0.0403. The number of hydrogen-bond donors (Lipinski definition) is 2. The van der Waals surface area contributed by atoms with Crippen molar-refractivity contribution in [2.75, 3.05) is 12.3 Å². The van der Waals surface area contributed by atoms with Crippen LogP contribution < -0.4 is 11.1 Å². The van der Waals surface area contributed by atoms with E-state index in [1.807, 2.05) is 0 Å². The summed E-state index contributed by atoms with van der Waals surface area (Å²) in [5.41, 5.74) is 7.03. The summed E-state index contributed by atoms with van der Waals surface area (Å²) in [6.07, 6.45) is 1.04. The monoisotopic (exact) mass is 220 g/mol. The maximum absolute atomic E-state index is 11.8. The molecule has 3 heteroatoms. The lowest BCUT2D eigenvalue weighted by Crippen LogP contribution is -2.33. The Morgan fingerprint density at radius 2 is 1.88 bits per heavy atom. The Kier molecular flexibility index (Phi) is 3.93. The summed E-state index contributed by atoms with van der Waals surface area (Å²) in [6, 6.07) is 6.95. The van der Waals surface area contributed by atoms with Crippen LogP contribution in [0.1, 0.15) is 37.6 Å². The van der Waals surface area contributed by atoms with Crippen LogP contribution in [-0.2, 0) is 0 Å². The fraction of sp³-hybridized carbons (Fsp3) is 0.462. The molecule has 88 valence electrons. The van der Waals surface area contributed by atoms with E-state index < -0.39 is 0 Å². The van der Waals surface area contributed by atoms with Gasteiger partial charge >= 0.3 is 0 Å². The van der Waals surface area contributed by atoms with E-state index >= 15 is 0 Å². The van der Waals surface area contributed by atoms with Gasteiger partial charge in [-0.1, -0.05) is 20.8 Å². The molecule has 0 heterocycles. The van der Waals surface area contributed by atoms with Crippen molar-refractivity contribution in [3.8, 4) is 0 Å². The zero-order chi connectivity index (χ0) is 12.2. The van der Waals surface area contributed by atoms with Crippen molar-refractivity contribution in [3.05, 3.63) is 29.8 Å². The number of anilines is 1. The maximum Gasteiger partial charge on any atom is 0.251 e. The summed E-state index contributed by atoms with van der Waals surface area (Å²) in [5, 5.41) is 2.93. The Morgan fingerprint density at radius 1 is 1.31 bits per heavy atom. The summed E-state index contributed by atoms with van der Waals surface area (Å²) in [6.45, 7) is 7.08. The summed E-state index contributed by atoms with van der Waals surface area (Å²) < 4.78 is 0. The quantitative estimate of drug-likeness (QED) is 0.766. The second kappa shape index (κ2) is 5.01. The molecule has 1 aromatic carbocycles. The van der Waals surface area contributed by atoms with Gasteiger partial charge in [-0.05, 0) is 36.1 Å². The molecule has 0 fully saturated rings. The van der Waals surface area contributed by atoms with Crippen LogP contribution in [0.4, 0.5) is 5.69 Å². The SMILES string of the molecule is CCC(C)(C)CNC(=O)c1ccc(N)cc1. The van der Waals surface area contributed by atoms with Crippen molar-refractivity contribution >= 4 is 11.6 Å². The smallest absolute Gasteiger partial charge is 0.251 e. The second-order valence-corrected chi connectivity index (χ2v) is 4.82. The topological polar surface area (TPSA) is 55.1 Å². The number of nitrogens with two attached hydrogens (primary N) is 1. The lowest BCUT2D eigenvalue weighted by atomic mass is 9.90. The van der Waals surface area contributed by atoms with Gasteiger partial charge in [0.05, 0.1) is 0 Å². The third kappa shape index (κ3) is 3.57. The van der Waals surface area contributed by atoms with Crippen LogP contribution in [0.2, 0.25) is 0 Å². The maximum atomic E-state index is 11.8. The molecular formula is C13H20N2O. The predicted octanol–water partition coefficient (Wildman–Crippen LogP) is 2.43. The molecule has 3 N–H and O–H groups in total. The van der Waals surface area contributed by atoms with Crippen molar-refractivity contribution in [2.24, 2.45) is 5.41 Å². The standard InChI is InChI=1S/C13H20N2O/c1-4-13(2,3)9-15-12(16)10-5-7-11(14)8-6-10/h5-8H,4,9,14H2,1-3H3,(H,15,16). The molecule has 0 aliphatic heterocycles. The Bertz CT molecular complexity index is 355. The molecule has 0 aliphatic rings. The molecule has 1 amide bonds. The number of benzene rings is 1. The van der Waals surface area contributed by atoms with Crippen LogP contribution in [0, 0.1) is 5.41 Å². The van der Waals surface area contributed by atoms with Crippen LogP contribution in [0.25, 0.3) is 0 Å². The molecule has 0 atom stereocenters. The van der Waals surface area contributed by atoms with Crippen molar-refractivity contribution in [1.82, 2.24) is 5.32 Å². The van der Waals surface area contributed by atoms with E-state index in [0.717, 1.165) is 6.42 Å². The van der Waals surface area contributed by atoms with Gasteiger partial charge in [0.25, 0.3) is 5.91 Å². The second-order valence-electron chi connectivity index (χ2n) is 4.82. The summed E-state index contributed by atoms with van der Waals surface area (Å²) in [7, 11) is 0. The van der Waals surface area contributed by atoms with E-state index in [1.165, 1.54) is 0 Å². The van der Waals surface area contributed by atoms with Gasteiger partial charge in [0.15, 0.2) is 0 Å². The van der Waals surface area contributed by atoms with Crippen LogP contribution in [0.15, 0.2) is 24.3 Å². The Hall–Kier alpha value is -1.51. The number of carbonyl (C=O) groups excluding carboxylic acids is 1. The van der Waals surface area contributed by atoms with Gasteiger partial charge in [-0.15, -0.1) is 0 Å². The minimum Gasteiger partial charge on any atom is -0.399 e. The van der Waals surface area contributed by atoms with Crippen LogP contribution in [0.3, 0.4) is 0 Å². The predicted molar refractivity (Wildman–Crippen MR) is 67.3 cm³/mol. The Balaban J connectivity index is 2.56. The van der Waals surface area contributed by atoms with Gasteiger partial charge in [-0.3, -0.25) is 4.79 Å². The van der Waals surface area contributed by atoms with Gasteiger partial charge in [0.2, 0.25) is 0 Å². The number of rotatable bonds is 4. The first kappa shape index (κ1) is 12.6. The van der Waals surface area contributed by atoms with E-state index in [4.69, 9.17) is 5.73 Å². The molecule has 0 spiro atoms. The third-order valence-corrected chi connectivity index (χ3v) is 2.86. The number of nitrogens with one attached hydrogen (secondary N) is 1. The van der Waals surface area contributed by atoms with Gasteiger partial charge in [0, 0.05) is 17.8 Å². The molecule has 0 radical (unpaired) electrons. The van der Waals surface area contributed by atoms with Crippen molar-refractivity contribution in [1.29, 1.82) is 0 Å². The number of nitrogen functional groups attached to an aromatic ring is 1. The lowest BCUT2D eigenvalue weighted by Gasteiger charge is -2.22. The van der Waals surface area contributed by atoms with E-state index in [1.54, 1.807) is 24.3 Å². The number of hydrogen-bond acceptors (Lipinski definition) is 2. The van der Waals surface area contributed by atoms with Crippen molar-refractivity contribution < 1.29 is 4.79 Å². The minimum atomic E-state index is -0.0403. The Morgan fingerprint density at radius 3 is 2.38 bits per heavy atom. The van der Waals surface area contributed by atoms with Crippen LogP contribution in [-0.4, -0.2) is 12.5 Å². The minimum absolute atomic E-state index is 0.0403. The van der Waals surface area contributed by atoms with E-state index in [2.05, 4.69) is 26.1 Å². The molecular weight excluding hydrogens is 200 g/mol. The lowest BCUT2D eigenvalue weighted by molar-refractivity contribution is 0.0936. The van der Waals surface area contributed by atoms with E-state index in [-0.39, 0.29) is 11.3 Å². The average Bonchev–Trinajstić information content (AvgIpc) is 2.27. The molecule has 0 saturated heterocycles. The molecule has 0 bridgehead atoms. The van der Waals surface area contributed by atoms with E-state index in [0.29, 0.717) is 17.8 Å². The summed E-state index contributed by atoms with van der Waals surface area (Å²) >= 11 is 0. The van der Waals surface area contributed by atoms with E-state index in [9.17, 15) is 4.79 Å². The van der Waals surface area contributed by atoms with Gasteiger partial charge in [-0.2, -0.15) is 0 Å². The van der Waals surface area contributed by atoms with Crippen molar-refractivity contribution in [2.45, 2.75) is 27.2 Å². The molecule has 0 aliphatic carbocycles. The summed E-state index contributed by atoms with van der Waals surface area (Å²) in [4.78, 5) is 11.8. The first-order chi connectivity index (χ1) is 7.44. The Labute approximate surface area is 97.0 Å². The zero-order valence-electron chi connectivity index (χ0n) is 10.2. The largest absolute Gasteiger partial charge is 0.399 e. The molecule has 0 unspecified atom stereocenters. The third-order valence-electron chi connectivity index (χ3n) is 2.86. The highest BCUT2D eigenvalue weighted by Crippen LogP contribution is 2.18. The average molecular weight is 220 g/mol. The van der Waals surface area contributed by atoms with Gasteiger partial charge in [0.1, 0.15) is 0 Å². The fourth-order valence-electron chi connectivity index (χ4n) is 1.18. The first-order valence-electron chi connectivity index (χ1n) is 5.58. The highest BCUT2D eigenvalue weighted by molar-refractivity contribution is 5.94. The first-order valence-corrected chi connectivity index (χ1v) is 5.58. The number of amides is 1. The normalized spacial score (nSPS) is 11.2. The molecule has 3 nitrogen and oxygen atoms in total. The van der Waals surface area contributed by atoms with Gasteiger partial charge < -0.3 is 11.1 Å². The zero-order valence-corrected chi connectivity index (χ0v) is 10.2. The molecule has 1 aromatic rings. The van der Waals surface area contributed by atoms with Gasteiger partial charge in [-0.25, -0.2) is 0 Å². The molecule has 1 rings (SSSR count). The van der Waals surface area contributed by atoms with Crippen LogP contribution in [0.5, 0.6) is 0 Å². The highest BCUT2D eigenvalue weighted by atomic mass is 16.1. The van der Waals surface area contributed by atoms with Crippen LogP contribution >= 0.6 is 0 Å². The van der Waals surface area contributed by atoms with Crippen molar-refractivity contribution in [3.63, 3.8) is 0 Å². The molecule has 0 saturated carbocycles. The number of carbonyl (C=O) groups is 1. The highest BCUT2D eigenvalue weighted by Gasteiger charge is 2.16. The molecule has 0 aromatic heterocycles. The fourth-order valence-corrected chi connectivity index (χ4v) is 1.18. The molecule has 16 heavy (non-hydrogen) atoms.